The molecular formula is C23H21Cl2N3O2. The fourth-order valence-corrected chi connectivity index (χ4v) is 3.27. The number of nitrogens with one attached hydrogen (secondary N) is 2. The molecule has 0 aliphatic heterocycles. The molecule has 0 radical (unpaired) electrons. The molecule has 154 valence electrons. The van der Waals surface area contributed by atoms with Crippen LogP contribution in [0.15, 0.2) is 65.8 Å². The number of benzene rings is 3. The zero-order valence-electron chi connectivity index (χ0n) is 16.6. The van der Waals surface area contributed by atoms with E-state index in [1.54, 1.807) is 12.1 Å². The van der Waals surface area contributed by atoms with Crippen LogP contribution < -0.4 is 15.5 Å². The predicted molar refractivity (Wildman–Crippen MR) is 123 cm³/mol. The van der Waals surface area contributed by atoms with E-state index in [1.165, 1.54) is 11.8 Å². The molecule has 0 saturated heterocycles. The van der Waals surface area contributed by atoms with Gasteiger partial charge in [0.2, 0.25) is 0 Å². The van der Waals surface area contributed by atoms with Gasteiger partial charge in [-0.15, -0.1) is 0 Å². The SMILES string of the molecule is Cc1ccc(COc2c(Cl)cc(C=NNC(=O)Nc3ccccc3C)cc2Cl)cc1. The van der Waals surface area contributed by atoms with E-state index in [9.17, 15) is 4.79 Å². The zero-order valence-corrected chi connectivity index (χ0v) is 18.1. The van der Waals surface area contributed by atoms with Gasteiger partial charge in [0.15, 0.2) is 5.75 Å². The van der Waals surface area contributed by atoms with Gasteiger partial charge in [-0.25, -0.2) is 10.2 Å². The lowest BCUT2D eigenvalue weighted by Crippen LogP contribution is -2.24. The first-order valence-corrected chi connectivity index (χ1v) is 10.0. The summed E-state index contributed by atoms with van der Waals surface area (Å²) in [5.74, 6) is 0.404. The van der Waals surface area contributed by atoms with Gasteiger partial charge >= 0.3 is 6.03 Å². The first-order valence-electron chi connectivity index (χ1n) is 9.25. The Morgan fingerprint density at radius 1 is 1.03 bits per heavy atom. The fourth-order valence-electron chi connectivity index (χ4n) is 2.66. The third-order valence-electron chi connectivity index (χ3n) is 4.30. The maximum absolute atomic E-state index is 12.0. The second-order valence-corrected chi connectivity index (χ2v) is 7.54. The van der Waals surface area contributed by atoms with Gasteiger partial charge in [0.25, 0.3) is 0 Å². The van der Waals surface area contributed by atoms with Crippen LogP contribution in [-0.4, -0.2) is 12.2 Å². The van der Waals surface area contributed by atoms with Crippen LogP contribution in [0.2, 0.25) is 10.0 Å². The molecule has 0 saturated carbocycles. The fraction of sp³-hybridized carbons (Fsp3) is 0.130. The molecule has 3 aromatic carbocycles. The molecule has 2 N–H and O–H groups in total. The average Bonchev–Trinajstić information content (AvgIpc) is 2.70. The third-order valence-corrected chi connectivity index (χ3v) is 4.86. The number of amides is 2. The van der Waals surface area contributed by atoms with Crippen LogP contribution in [0, 0.1) is 13.8 Å². The number of carbonyl (C=O) groups is 1. The Kier molecular flexibility index (Phi) is 7.33. The third kappa shape index (κ3) is 5.99. The maximum Gasteiger partial charge on any atom is 0.339 e. The molecule has 7 heteroatoms. The maximum atomic E-state index is 12.0. The molecule has 0 fully saturated rings. The Hall–Kier alpha value is -3.02. The van der Waals surface area contributed by atoms with E-state index in [2.05, 4.69) is 15.8 Å². The van der Waals surface area contributed by atoms with Crippen molar-refractivity contribution in [3.05, 3.63) is 93.0 Å². The van der Waals surface area contributed by atoms with Crippen LogP contribution in [0.1, 0.15) is 22.3 Å². The molecule has 0 heterocycles. The van der Waals surface area contributed by atoms with Gasteiger partial charge in [0.05, 0.1) is 16.3 Å². The van der Waals surface area contributed by atoms with E-state index in [-0.39, 0.29) is 0 Å². The van der Waals surface area contributed by atoms with Gasteiger partial charge in [0.1, 0.15) is 6.61 Å². The monoisotopic (exact) mass is 441 g/mol. The molecule has 0 unspecified atom stereocenters. The van der Waals surface area contributed by atoms with E-state index in [0.29, 0.717) is 33.7 Å². The predicted octanol–water partition coefficient (Wildman–Crippen LogP) is 6.34. The number of urea groups is 1. The lowest BCUT2D eigenvalue weighted by Gasteiger charge is -2.11. The number of hydrogen-bond donors (Lipinski definition) is 2. The molecule has 3 aromatic rings. The summed E-state index contributed by atoms with van der Waals surface area (Å²) in [5.41, 5.74) is 6.91. The number of para-hydroxylation sites is 1. The highest BCUT2D eigenvalue weighted by Gasteiger charge is 2.10. The first-order chi connectivity index (χ1) is 14.4. The second-order valence-electron chi connectivity index (χ2n) is 6.73. The number of aryl methyl sites for hydroxylation is 2. The highest BCUT2D eigenvalue weighted by Crippen LogP contribution is 2.34. The molecule has 0 atom stereocenters. The van der Waals surface area contributed by atoms with Crippen LogP contribution in [0.4, 0.5) is 10.5 Å². The average molecular weight is 442 g/mol. The van der Waals surface area contributed by atoms with Gasteiger partial charge in [0, 0.05) is 5.69 Å². The highest BCUT2D eigenvalue weighted by molar-refractivity contribution is 6.37. The summed E-state index contributed by atoms with van der Waals surface area (Å²) >= 11 is 12.6. The van der Waals surface area contributed by atoms with Crippen molar-refractivity contribution in [2.75, 3.05) is 5.32 Å². The highest BCUT2D eigenvalue weighted by atomic mass is 35.5. The molecule has 0 bridgehead atoms. The number of carbonyl (C=O) groups excluding carboxylic acids is 1. The van der Waals surface area contributed by atoms with E-state index >= 15 is 0 Å². The molecule has 30 heavy (non-hydrogen) atoms. The van der Waals surface area contributed by atoms with Crippen LogP contribution in [0.5, 0.6) is 5.75 Å². The number of nitrogens with zero attached hydrogens (tertiary/aromatic N) is 1. The molecule has 5 nitrogen and oxygen atoms in total. The Labute approximate surface area is 185 Å². The Balaban J connectivity index is 1.59. The molecule has 0 aliphatic rings. The minimum atomic E-state index is -0.448. The number of hydrogen-bond acceptors (Lipinski definition) is 3. The number of halogens is 2. The van der Waals surface area contributed by atoms with Crippen LogP contribution >= 0.6 is 23.2 Å². The van der Waals surface area contributed by atoms with Gasteiger partial charge in [-0.2, -0.15) is 5.10 Å². The van der Waals surface area contributed by atoms with Crippen molar-refractivity contribution in [2.45, 2.75) is 20.5 Å². The standard InChI is InChI=1S/C23H21Cl2N3O2/c1-15-7-9-17(10-8-15)14-30-22-19(24)11-18(12-20(22)25)13-26-28-23(29)27-21-6-4-3-5-16(21)2/h3-13H,14H2,1-2H3,(H2,27,28,29). The van der Waals surface area contributed by atoms with Gasteiger partial charge in [-0.05, 0) is 48.7 Å². The van der Waals surface area contributed by atoms with Gasteiger partial charge in [-0.3, -0.25) is 0 Å². The summed E-state index contributed by atoms with van der Waals surface area (Å²) in [6.07, 6.45) is 1.46. The normalized spacial score (nSPS) is 10.8. The topological polar surface area (TPSA) is 62.7 Å². The lowest BCUT2D eigenvalue weighted by molar-refractivity contribution is 0.252. The zero-order chi connectivity index (χ0) is 21.5. The van der Waals surface area contributed by atoms with Crippen LogP contribution in [0.3, 0.4) is 0 Å². The minimum Gasteiger partial charge on any atom is -0.486 e. The summed E-state index contributed by atoms with van der Waals surface area (Å²) in [4.78, 5) is 12.0. The van der Waals surface area contributed by atoms with Crippen molar-refractivity contribution in [3.8, 4) is 5.75 Å². The van der Waals surface area contributed by atoms with Crippen molar-refractivity contribution in [1.82, 2.24) is 5.43 Å². The van der Waals surface area contributed by atoms with Crippen molar-refractivity contribution < 1.29 is 9.53 Å². The molecule has 0 aliphatic carbocycles. The summed E-state index contributed by atoms with van der Waals surface area (Å²) < 4.78 is 5.78. The van der Waals surface area contributed by atoms with Crippen molar-refractivity contribution in [2.24, 2.45) is 5.10 Å². The summed E-state index contributed by atoms with van der Waals surface area (Å²) in [6, 6.07) is 18.4. The number of rotatable bonds is 6. The van der Waals surface area contributed by atoms with Crippen molar-refractivity contribution >= 4 is 41.1 Å². The Morgan fingerprint density at radius 2 is 1.70 bits per heavy atom. The van der Waals surface area contributed by atoms with E-state index in [1.807, 2.05) is 62.4 Å². The molecule has 0 aromatic heterocycles. The van der Waals surface area contributed by atoms with E-state index in [0.717, 1.165) is 11.1 Å². The molecular weight excluding hydrogens is 421 g/mol. The summed E-state index contributed by atoms with van der Waals surface area (Å²) in [6.45, 7) is 4.29. The summed E-state index contributed by atoms with van der Waals surface area (Å²) in [7, 11) is 0. The van der Waals surface area contributed by atoms with Crippen molar-refractivity contribution in [3.63, 3.8) is 0 Å². The molecule has 2 amide bonds. The number of hydrazone groups is 1. The summed E-state index contributed by atoms with van der Waals surface area (Å²) in [5, 5.41) is 7.39. The molecule has 0 spiro atoms. The first kappa shape index (κ1) is 21.7. The number of ether oxygens (including phenoxy) is 1. The minimum absolute atomic E-state index is 0.355. The van der Waals surface area contributed by atoms with Gasteiger partial charge in [-0.1, -0.05) is 71.2 Å². The second kappa shape index (κ2) is 10.1. The quantitative estimate of drug-likeness (QED) is 0.345. The largest absolute Gasteiger partial charge is 0.486 e. The van der Waals surface area contributed by atoms with Crippen LogP contribution in [-0.2, 0) is 6.61 Å². The van der Waals surface area contributed by atoms with Gasteiger partial charge < -0.3 is 10.1 Å². The molecule has 3 rings (SSSR count). The Bertz CT molecular complexity index is 1040. The lowest BCUT2D eigenvalue weighted by atomic mass is 10.2. The van der Waals surface area contributed by atoms with Crippen molar-refractivity contribution in [1.29, 1.82) is 0 Å². The number of anilines is 1. The van der Waals surface area contributed by atoms with Crippen LogP contribution in [0.25, 0.3) is 0 Å². The smallest absolute Gasteiger partial charge is 0.339 e. The van der Waals surface area contributed by atoms with E-state index < -0.39 is 6.03 Å². The van der Waals surface area contributed by atoms with E-state index in [4.69, 9.17) is 27.9 Å². The Morgan fingerprint density at radius 3 is 2.37 bits per heavy atom.